The molecule has 0 heterocycles. The Hall–Kier alpha value is -0.550. The van der Waals surface area contributed by atoms with Crippen LogP contribution in [-0.4, -0.2) is 13.1 Å². The van der Waals surface area contributed by atoms with E-state index >= 15 is 0 Å². The van der Waals surface area contributed by atoms with Gasteiger partial charge < -0.3 is 5.32 Å². The molecule has 0 atom stereocenters. The second-order valence-corrected chi connectivity index (χ2v) is 3.55. The molecule has 0 saturated heterocycles. The van der Waals surface area contributed by atoms with E-state index < -0.39 is 0 Å². The fourth-order valence-electron chi connectivity index (χ4n) is 0.970. The predicted molar refractivity (Wildman–Crippen MR) is 51.8 cm³/mol. The SMILES string of the molecule is CC(C)CCNCCCCC#N. The lowest BCUT2D eigenvalue weighted by molar-refractivity contribution is 0.528. The van der Waals surface area contributed by atoms with E-state index in [1.165, 1.54) is 6.42 Å². The molecule has 0 aromatic heterocycles. The number of nitrogens with zero attached hydrogens (tertiary/aromatic N) is 1. The van der Waals surface area contributed by atoms with Crippen LogP contribution in [0.15, 0.2) is 0 Å². The molecule has 0 amide bonds. The van der Waals surface area contributed by atoms with Crippen LogP contribution in [0.3, 0.4) is 0 Å². The van der Waals surface area contributed by atoms with Gasteiger partial charge in [-0.2, -0.15) is 5.26 Å². The molecule has 0 bridgehead atoms. The zero-order chi connectivity index (χ0) is 9.23. The van der Waals surface area contributed by atoms with Gasteiger partial charge in [-0.3, -0.25) is 0 Å². The largest absolute Gasteiger partial charge is 0.317 e. The molecular formula is C10H20N2. The Morgan fingerprint density at radius 3 is 2.58 bits per heavy atom. The molecule has 0 unspecified atom stereocenters. The Labute approximate surface area is 76.0 Å². The minimum absolute atomic E-state index is 0.700. The second kappa shape index (κ2) is 8.55. The molecule has 0 aliphatic heterocycles. The number of nitrogens with one attached hydrogen (secondary N) is 1. The quantitative estimate of drug-likeness (QED) is 0.592. The van der Waals surface area contributed by atoms with Crippen LogP contribution in [0, 0.1) is 17.2 Å². The van der Waals surface area contributed by atoms with Gasteiger partial charge in [-0.1, -0.05) is 13.8 Å². The van der Waals surface area contributed by atoms with Crippen LogP contribution < -0.4 is 5.32 Å². The minimum atomic E-state index is 0.700. The first kappa shape index (κ1) is 11.4. The normalized spacial score (nSPS) is 10.2. The van der Waals surface area contributed by atoms with Gasteiger partial charge in [0.05, 0.1) is 6.07 Å². The lowest BCUT2D eigenvalue weighted by Crippen LogP contribution is -2.17. The first-order valence-corrected chi connectivity index (χ1v) is 4.85. The molecule has 0 aliphatic carbocycles. The summed E-state index contributed by atoms with van der Waals surface area (Å²) in [5.41, 5.74) is 0. The molecule has 0 fully saturated rings. The average molecular weight is 168 g/mol. The van der Waals surface area contributed by atoms with Crippen molar-refractivity contribution in [2.45, 2.75) is 39.5 Å². The van der Waals surface area contributed by atoms with Gasteiger partial charge in [-0.25, -0.2) is 0 Å². The van der Waals surface area contributed by atoms with Crippen molar-refractivity contribution in [2.75, 3.05) is 13.1 Å². The highest BCUT2D eigenvalue weighted by molar-refractivity contribution is 4.68. The highest BCUT2D eigenvalue weighted by Crippen LogP contribution is 1.97. The molecule has 12 heavy (non-hydrogen) atoms. The van der Waals surface area contributed by atoms with E-state index in [4.69, 9.17) is 5.26 Å². The Bertz CT molecular complexity index is 124. The van der Waals surface area contributed by atoms with Crippen LogP contribution in [0.4, 0.5) is 0 Å². The topological polar surface area (TPSA) is 35.8 Å². The minimum Gasteiger partial charge on any atom is -0.317 e. The first-order chi connectivity index (χ1) is 5.77. The van der Waals surface area contributed by atoms with E-state index in [-0.39, 0.29) is 0 Å². The van der Waals surface area contributed by atoms with Gasteiger partial charge in [0.25, 0.3) is 0 Å². The summed E-state index contributed by atoms with van der Waals surface area (Å²) in [6, 6.07) is 2.15. The molecule has 0 rings (SSSR count). The third-order valence-corrected chi connectivity index (χ3v) is 1.79. The molecule has 0 radical (unpaired) electrons. The van der Waals surface area contributed by atoms with Crippen LogP contribution >= 0.6 is 0 Å². The van der Waals surface area contributed by atoms with Gasteiger partial charge in [-0.15, -0.1) is 0 Å². The van der Waals surface area contributed by atoms with Crippen LogP contribution in [0.1, 0.15) is 39.5 Å². The summed E-state index contributed by atoms with van der Waals surface area (Å²) in [6.45, 7) is 6.65. The van der Waals surface area contributed by atoms with E-state index in [1.807, 2.05) is 0 Å². The van der Waals surface area contributed by atoms with E-state index in [0.29, 0.717) is 6.42 Å². The Kier molecular flexibility index (Phi) is 8.15. The standard InChI is InChI=1S/C10H20N2/c1-10(2)6-9-12-8-5-3-4-7-11/h10,12H,3-6,8-9H2,1-2H3. The molecule has 70 valence electrons. The number of rotatable bonds is 7. The lowest BCUT2D eigenvalue weighted by Gasteiger charge is -2.05. The van der Waals surface area contributed by atoms with E-state index in [0.717, 1.165) is 31.8 Å². The highest BCUT2D eigenvalue weighted by Gasteiger charge is 1.92. The van der Waals surface area contributed by atoms with Gasteiger partial charge >= 0.3 is 0 Å². The van der Waals surface area contributed by atoms with Crippen molar-refractivity contribution in [1.29, 1.82) is 5.26 Å². The summed E-state index contributed by atoms with van der Waals surface area (Å²) in [5.74, 6) is 0.789. The van der Waals surface area contributed by atoms with Gasteiger partial charge in [0.15, 0.2) is 0 Å². The van der Waals surface area contributed by atoms with Crippen molar-refractivity contribution >= 4 is 0 Å². The first-order valence-electron chi connectivity index (χ1n) is 4.85. The van der Waals surface area contributed by atoms with E-state index in [9.17, 15) is 0 Å². The molecule has 0 spiro atoms. The van der Waals surface area contributed by atoms with Gasteiger partial charge in [0.1, 0.15) is 0 Å². The van der Waals surface area contributed by atoms with E-state index in [1.54, 1.807) is 0 Å². The molecule has 0 aliphatic rings. The van der Waals surface area contributed by atoms with Crippen molar-refractivity contribution in [3.63, 3.8) is 0 Å². The van der Waals surface area contributed by atoms with Gasteiger partial charge in [-0.05, 0) is 38.3 Å². The highest BCUT2D eigenvalue weighted by atomic mass is 14.8. The van der Waals surface area contributed by atoms with Gasteiger partial charge in [0, 0.05) is 6.42 Å². The smallest absolute Gasteiger partial charge is 0.0621 e. The summed E-state index contributed by atoms with van der Waals surface area (Å²) in [5, 5.41) is 11.6. The summed E-state index contributed by atoms with van der Waals surface area (Å²) in [7, 11) is 0. The van der Waals surface area contributed by atoms with Crippen LogP contribution in [0.2, 0.25) is 0 Å². The fraction of sp³-hybridized carbons (Fsp3) is 0.900. The summed E-state index contributed by atoms with van der Waals surface area (Å²) in [4.78, 5) is 0. The predicted octanol–water partition coefficient (Wildman–Crippen LogP) is 2.32. The maximum absolute atomic E-state index is 8.27. The fourth-order valence-corrected chi connectivity index (χ4v) is 0.970. The maximum atomic E-state index is 8.27. The number of hydrogen-bond acceptors (Lipinski definition) is 2. The molecule has 2 heteroatoms. The maximum Gasteiger partial charge on any atom is 0.0621 e. The van der Waals surface area contributed by atoms with Crippen LogP contribution in [0.25, 0.3) is 0 Å². The Morgan fingerprint density at radius 2 is 2.00 bits per heavy atom. The van der Waals surface area contributed by atoms with Crippen molar-refractivity contribution in [2.24, 2.45) is 5.92 Å². The molecule has 2 nitrogen and oxygen atoms in total. The second-order valence-electron chi connectivity index (χ2n) is 3.55. The average Bonchev–Trinajstić information content (AvgIpc) is 2.02. The van der Waals surface area contributed by atoms with Crippen LogP contribution in [-0.2, 0) is 0 Å². The summed E-state index contributed by atoms with van der Waals surface area (Å²) in [6.07, 6.45) is 4.11. The van der Waals surface area contributed by atoms with Crippen molar-refractivity contribution < 1.29 is 0 Å². The molecule has 1 N–H and O–H groups in total. The van der Waals surface area contributed by atoms with Crippen molar-refractivity contribution in [3.8, 4) is 6.07 Å². The zero-order valence-electron chi connectivity index (χ0n) is 8.27. The van der Waals surface area contributed by atoms with Crippen LogP contribution in [0.5, 0.6) is 0 Å². The molecular weight excluding hydrogens is 148 g/mol. The Balaban J connectivity index is 2.87. The van der Waals surface area contributed by atoms with E-state index in [2.05, 4.69) is 25.2 Å². The number of hydrogen-bond donors (Lipinski definition) is 1. The number of unbranched alkanes of at least 4 members (excludes halogenated alkanes) is 2. The summed E-state index contributed by atoms with van der Waals surface area (Å²) < 4.78 is 0. The third-order valence-electron chi connectivity index (χ3n) is 1.79. The monoisotopic (exact) mass is 168 g/mol. The Morgan fingerprint density at radius 1 is 1.25 bits per heavy atom. The number of nitriles is 1. The van der Waals surface area contributed by atoms with Gasteiger partial charge in [0.2, 0.25) is 0 Å². The van der Waals surface area contributed by atoms with Crippen molar-refractivity contribution in [3.05, 3.63) is 0 Å². The molecule has 0 aromatic rings. The van der Waals surface area contributed by atoms with Crippen molar-refractivity contribution in [1.82, 2.24) is 5.32 Å². The molecule has 0 saturated carbocycles. The lowest BCUT2D eigenvalue weighted by atomic mass is 10.1. The zero-order valence-corrected chi connectivity index (χ0v) is 8.27. The summed E-state index contributed by atoms with van der Waals surface area (Å²) >= 11 is 0. The molecule has 0 aromatic carbocycles. The third kappa shape index (κ3) is 9.45.